The van der Waals surface area contributed by atoms with E-state index in [1.165, 1.54) is 0 Å². The molecule has 0 aliphatic carbocycles. The van der Waals surface area contributed by atoms with Crippen LogP contribution in [0.5, 0.6) is 0 Å². The summed E-state index contributed by atoms with van der Waals surface area (Å²) in [5.74, 6) is -0.246. The Bertz CT molecular complexity index is 369. The first-order valence-electron chi connectivity index (χ1n) is 6.69. The lowest BCUT2D eigenvalue weighted by Crippen LogP contribution is -2.30. The molecule has 0 spiro atoms. The molecule has 18 heavy (non-hydrogen) atoms. The minimum absolute atomic E-state index is 0.0811. The molecule has 0 N–H and O–H groups in total. The highest BCUT2D eigenvalue weighted by molar-refractivity contribution is 5.89. The van der Waals surface area contributed by atoms with Crippen LogP contribution in [0.1, 0.15) is 43.0 Å². The smallest absolute Gasteiger partial charge is 0.338 e. The number of carbonyl (C=O) groups excluding carboxylic acids is 1. The van der Waals surface area contributed by atoms with E-state index in [9.17, 15) is 4.79 Å². The molecule has 0 bridgehead atoms. The molecule has 3 nitrogen and oxygen atoms in total. The molecule has 2 atom stereocenters. The van der Waals surface area contributed by atoms with Crippen LogP contribution in [-0.4, -0.2) is 24.8 Å². The van der Waals surface area contributed by atoms with Crippen molar-refractivity contribution < 1.29 is 14.3 Å². The molecular weight excluding hydrogens is 228 g/mol. The zero-order valence-corrected chi connectivity index (χ0v) is 10.8. The number of carbonyl (C=O) groups is 1. The molecule has 0 saturated carbocycles. The first kappa shape index (κ1) is 13.1. The van der Waals surface area contributed by atoms with Gasteiger partial charge in [0.25, 0.3) is 0 Å². The number of esters is 1. The van der Waals surface area contributed by atoms with Crippen LogP contribution in [0.3, 0.4) is 0 Å². The summed E-state index contributed by atoms with van der Waals surface area (Å²) in [6.07, 6.45) is 3.89. The monoisotopic (exact) mass is 248 g/mol. The standard InChI is InChI=1S/C15H20O3/c1-2-7-14(13-10-6-11-17-13)18-15(16)12-8-4-3-5-9-12/h3-5,8-9,13-14H,2,6-7,10-11H2,1H3. The molecule has 1 saturated heterocycles. The fourth-order valence-corrected chi connectivity index (χ4v) is 2.28. The molecule has 1 aromatic carbocycles. The average molecular weight is 248 g/mol. The lowest BCUT2D eigenvalue weighted by atomic mass is 10.1. The Labute approximate surface area is 108 Å². The first-order valence-corrected chi connectivity index (χ1v) is 6.69. The van der Waals surface area contributed by atoms with Crippen molar-refractivity contribution in [2.45, 2.75) is 44.8 Å². The van der Waals surface area contributed by atoms with E-state index in [0.29, 0.717) is 5.56 Å². The van der Waals surface area contributed by atoms with Crippen molar-refractivity contribution in [2.75, 3.05) is 6.61 Å². The highest BCUT2D eigenvalue weighted by Gasteiger charge is 2.28. The second-order valence-electron chi connectivity index (χ2n) is 4.65. The molecule has 1 fully saturated rings. The summed E-state index contributed by atoms with van der Waals surface area (Å²) in [5.41, 5.74) is 0.608. The Morgan fingerprint density at radius 3 is 2.83 bits per heavy atom. The van der Waals surface area contributed by atoms with E-state index in [-0.39, 0.29) is 18.2 Å². The summed E-state index contributed by atoms with van der Waals surface area (Å²) < 4.78 is 11.2. The third kappa shape index (κ3) is 3.33. The summed E-state index contributed by atoms with van der Waals surface area (Å²) in [7, 11) is 0. The molecule has 2 unspecified atom stereocenters. The Kier molecular flexibility index (Phi) is 4.76. The van der Waals surface area contributed by atoms with Crippen LogP contribution in [-0.2, 0) is 9.47 Å². The zero-order chi connectivity index (χ0) is 12.8. The van der Waals surface area contributed by atoms with Crippen LogP contribution in [0, 0.1) is 0 Å². The molecule has 3 heteroatoms. The summed E-state index contributed by atoms with van der Waals surface area (Å²) in [6.45, 7) is 2.88. The van der Waals surface area contributed by atoms with E-state index in [1.807, 2.05) is 18.2 Å². The Morgan fingerprint density at radius 2 is 2.22 bits per heavy atom. The maximum absolute atomic E-state index is 12.0. The lowest BCUT2D eigenvalue weighted by molar-refractivity contribution is -0.0319. The van der Waals surface area contributed by atoms with Crippen molar-refractivity contribution in [1.29, 1.82) is 0 Å². The van der Waals surface area contributed by atoms with Gasteiger partial charge in [-0.15, -0.1) is 0 Å². The van der Waals surface area contributed by atoms with Gasteiger partial charge >= 0.3 is 5.97 Å². The number of ether oxygens (including phenoxy) is 2. The highest BCUT2D eigenvalue weighted by atomic mass is 16.6. The van der Waals surface area contributed by atoms with E-state index in [2.05, 4.69) is 6.92 Å². The first-order chi connectivity index (χ1) is 8.81. The van der Waals surface area contributed by atoms with Crippen molar-refractivity contribution in [2.24, 2.45) is 0 Å². The number of benzene rings is 1. The number of rotatable bonds is 5. The van der Waals surface area contributed by atoms with Gasteiger partial charge in [-0.1, -0.05) is 31.5 Å². The molecule has 0 amide bonds. The van der Waals surface area contributed by atoms with Gasteiger partial charge < -0.3 is 9.47 Å². The van der Waals surface area contributed by atoms with Crippen molar-refractivity contribution in [3.8, 4) is 0 Å². The van der Waals surface area contributed by atoms with Gasteiger partial charge in [0, 0.05) is 6.61 Å². The molecule has 1 aromatic rings. The van der Waals surface area contributed by atoms with E-state index in [1.54, 1.807) is 12.1 Å². The van der Waals surface area contributed by atoms with Gasteiger partial charge in [-0.05, 0) is 31.4 Å². The minimum Gasteiger partial charge on any atom is -0.456 e. The Morgan fingerprint density at radius 1 is 1.44 bits per heavy atom. The maximum Gasteiger partial charge on any atom is 0.338 e. The molecule has 0 radical (unpaired) electrons. The molecule has 98 valence electrons. The summed E-state index contributed by atoms with van der Waals surface area (Å²) >= 11 is 0. The van der Waals surface area contributed by atoms with E-state index in [0.717, 1.165) is 32.3 Å². The van der Waals surface area contributed by atoms with E-state index < -0.39 is 0 Å². The Hall–Kier alpha value is -1.35. The van der Waals surface area contributed by atoms with Crippen LogP contribution in [0.4, 0.5) is 0 Å². The summed E-state index contributed by atoms with van der Waals surface area (Å²) in [5, 5.41) is 0. The SMILES string of the molecule is CCCC(OC(=O)c1ccccc1)C1CCCO1. The van der Waals surface area contributed by atoms with Crippen LogP contribution >= 0.6 is 0 Å². The van der Waals surface area contributed by atoms with Crippen LogP contribution < -0.4 is 0 Å². The number of hydrogen-bond acceptors (Lipinski definition) is 3. The predicted molar refractivity (Wildman–Crippen MR) is 69.5 cm³/mol. The zero-order valence-electron chi connectivity index (χ0n) is 10.8. The molecule has 1 heterocycles. The molecule has 1 aliphatic heterocycles. The summed E-state index contributed by atoms with van der Waals surface area (Å²) in [4.78, 5) is 12.0. The second kappa shape index (κ2) is 6.55. The van der Waals surface area contributed by atoms with Crippen LogP contribution in [0.25, 0.3) is 0 Å². The van der Waals surface area contributed by atoms with Crippen molar-refractivity contribution in [3.05, 3.63) is 35.9 Å². The van der Waals surface area contributed by atoms with Gasteiger partial charge in [0.1, 0.15) is 6.10 Å². The molecule has 2 rings (SSSR count). The van der Waals surface area contributed by atoms with E-state index >= 15 is 0 Å². The normalized spacial score (nSPS) is 20.6. The molecule has 1 aliphatic rings. The van der Waals surface area contributed by atoms with Gasteiger partial charge in [0.05, 0.1) is 11.7 Å². The summed E-state index contributed by atoms with van der Waals surface area (Å²) in [6, 6.07) is 9.14. The van der Waals surface area contributed by atoms with Gasteiger partial charge in [0.15, 0.2) is 0 Å². The minimum atomic E-state index is -0.246. The molecule has 0 aromatic heterocycles. The second-order valence-corrected chi connectivity index (χ2v) is 4.65. The van der Waals surface area contributed by atoms with E-state index in [4.69, 9.17) is 9.47 Å². The van der Waals surface area contributed by atoms with Gasteiger partial charge in [-0.3, -0.25) is 0 Å². The van der Waals surface area contributed by atoms with Gasteiger partial charge in [-0.2, -0.15) is 0 Å². The predicted octanol–water partition coefficient (Wildman–Crippen LogP) is 3.19. The third-order valence-corrected chi connectivity index (χ3v) is 3.22. The number of hydrogen-bond donors (Lipinski definition) is 0. The fraction of sp³-hybridized carbons (Fsp3) is 0.533. The third-order valence-electron chi connectivity index (χ3n) is 3.22. The van der Waals surface area contributed by atoms with Crippen LogP contribution in [0.2, 0.25) is 0 Å². The largest absolute Gasteiger partial charge is 0.456 e. The highest BCUT2D eigenvalue weighted by Crippen LogP contribution is 2.22. The molecular formula is C15H20O3. The fourth-order valence-electron chi connectivity index (χ4n) is 2.28. The van der Waals surface area contributed by atoms with Crippen molar-refractivity contribution >= 4 is 5.97 Å². The van der Waals surface area contributed by atoms with Crippen molar-refractivity contribution in [1.82, 2.24) is 0 Å². The van der Waals surface area contributed by atoms with Crippen LogP contribution in [0.15, 0.2) is 30.3 Å². The quantitative estimate of drug-likeness (QED) is 0.751. The topological polar surface area (TPSA) is 35.5 Å². The van der Waals surface area contributed by atoms with Gasteiger partial charge in [0.2, 0.25) is 0 Å². The maximum atomic E-state index is 12.0. The van der Waals surface area contributed by atoms with Crippen molar-refractivity contribution in [3.63, 3.8) is 0 Å². The Balaban J connectivity index is 1.97. The average Bonchev–Trinajstić information content (AvgIpc) is 2.93. The van der Waals surface area contributed by atoms with Gasteiger partial charge in [-0.25, -0.2) is 4.79 Å². The lowest BCUT2D eigenvalue weighted by Gasteiger charge is -2.22.